The molecule has 0 aliphatic rings. The summed E-state index contributed by atoms with van der Waals surface area (Å²) in [5.41, 5.74) is 11.1. The molecule has 4 heteroatoms. The zero-order chi connectivity index (χ0) is 35.7. The van der Waals surface area contributed by atoms with Gasteiger partial charge in [0, 0.05) is 38.3 Å². The number of hydrogen-bond acceptors (Lipinski definition) is 2. The second kappa shape index (κ2) is 11.9. The second-order valence-corrected chi connectivity index (χ2v) is 17.3. The Morgan fingerprint density at radius 2 is 0.824 bits per heavy atom. The van der Waals surface area contributed by atoms with Crippen LogP contribution in [0.4, 0.5) is 0 Å². The molecule has 8 rings (SSSR count). The monoisotopic (exact) mass is 668 g/mol. The largest absolute Gasteiger partial charge is 0.294 e. The minimum Gasteiger partial charge on any atom is -0.294 e. The molecule has 0 unspecified atom stereocenters. The fourth-order valence-corrected chi connectivity index (χ4v) is 7.82. The molecule has 0 fully saturated rings. The van der Waals surface area contributed by atoms with Crippen molar-refractivity contribution in [3.05, 3.63) is 144 Å². The summed E-state index contributed by atoms with van der Waals surface area (Å²) in [6.45, 7) is 18.3. The Morgan fingerprint density at radius 3 is 1.20 bits per heavy atom. The first-order chi connectivity index (χ1) is 24.3. The van der Waals surface area contributed by atoms with E-state index in [4.69, 9.17) is 9.97 Å². The van der Waals surface area contributed by atoms with Gasteiger partial charge in [-0.2, -0.15) is 0 Å². The molecule has 8 aromatic rings. The van der Waals surface area contributed by atoms with Crippen LogP contribution in [0.15, 0.2) is 121 Å². The van der Waals surface area contributed by atoms with Crippen LogP contribution in [-0.2, 0) is 18.3 Å². The lowest BCUT2D eigenvalue weighted by atomic mass is 9.84. The van der Waals surface area contributed by atoms with Crippen molar-refractivity contribution in [2.24, 2.45) is 10.8 Å². The Hall–Kier alpha value is -5.22. The molecule has 256 valence electrons. The molecular weight excluding hydrogens is 621 g/mol. The summed E-state index contributed by atoms with van der Waals surface area (Å²) in [5, 5.41) is 4.82. The Balaban J connectivity index is 1.31. The fraction of sp³-hybridized carbons (Fsp3) is 0.277. The van der Waals surface area contributed by atoms with E-state index in [1.54, 1.807) is 0 Å². The van der Waals surface area contributed by atoms with E-state index in [0.29, 0.717) is 0 Å². The number of para-hydroxylation sites is 2. The number of fused-ring (bicyclic) bond motifs is 6. The predicted molar refractivity (Wildman–Crippen MR) is 216 cm³/mol. The third-order valence-electron chi connectivity index (χ3n) is 10.1. The van der Waals surface area contributed by atoms with E-state index < -0.39 is 5.41 Å². The van der Waals surface area contributed by atoms with E-state index in [9.17, 15) is 0 Å². The van der Waals surface area contributed by atoms with Crippen molar-refractivity contribution >= 4 is 43.9 Å². The molecule has 0 N–H and O–H groups in total. The maximum atomic E-state index is 5.51. The van der Waals surface area contributed by atoms with Crippen LogP contribution in [0.1, 0.15) is 77.9 Å². The zero-order valence-electron chi connectivity index (χ0n) is 31.3. The van der Waals surface area contributed by atoms with Gasteiger partial charge in [-0.15, -0.1) is 0 Å². The molecule has 0 radical (unpaired) electrons. The molecule has 0 aliphatic heterocycles. The van der Waals surface area contributed by atoms with Crippen molar-refractivity contribution in [2.45, 2.75) is 73.6 Å². The van der Waals surface area contributed by atoms with E-state index in [2.05, 4.69) is 186 Å². The number of hydrogen-bond donors (Lipinski definition) is 0. The average Bonchev–Trinajstić information content (AvgIpc) is 3.59. The van der Waals surface area contributed by atoms with Gasteiger partial charge in [0.25, 0.3) is 0 Å². The van der Waals surface area contributed by atoms with Gasteiger partial charge in [-0.3, -0.25) is 9.13 Å². The zero-order valence-corrected chi connectivity index (χ0v) is 31.3. The fourth-order valence-electron chi connectivity index (χ4n) is 7.82. The standard InChI is InChI=1S/C47H48N4/c1-45(2,3)29-31-19-23-39-37(27-31)35-21-25-41(48-43(35)50(39)33-15-11-9-12-16-33)47(7,8)42-26-22-36-38-28-32(30-46(4,5)6)20-24-40(38)51(44(36)49-42)34-17-13-10-14-18-34/h9-28H,29-30H2,1-8H3. The van der Waals surface area contributed by atoms with Crippen LogP contribution in [0.3, 0.4) is 0 Å². The Labute approximate surface area is 301 Å². The molecule has 51 heavy (non-hydrogen) atoms. The maximum Gasteiger partial charge on any atom is 0.145 e. The van der Waals surface area contributed by atoms with E-state index in [-0.39, 0.29) is 10.8 Å². The van der Waals surface area contributed by atoms with Crippen LogP contribution >= 0.6 is 0 Å². The van der Waals surface area contributed by atoms with Crippen molar-refractivity contribution in [2.75, 3.05) is 0 Å². The lowest BCUT2D eigenvalue weighted by Crippen LogP contribution is -2.22. The van der Waals surface area contributed by atoms with Crippen molar-refractivity contribution in [1.82, 2.24) is 19.1 Å². The number of nitrogens with zero attached hydrogens (tertiary/aromatic N) is 4. The highest BCUT2D eigenvalue weighted by molar-refractivity contribution is 6.09. The van der Waals surface area contributed by atoms with E-state index in [0.717, 1.165) is 46.9 Å². The highest BCUT2D eigenvalue weighted by Gasteiger charge is 2.29. The quantitative estimate of drug-likeness (QED) is 0.177. The first-order valence-electron chi connectivity index (χ1n) is 18.3. The van der Waals surface area contributed by atoms with Gasteiger partial charge >= 0.3 is 0 Å². The van der Waals surface area contributed by atoms with Crippen LogP contribution in [0.25, 0.3) is 55.2 Å². The number of benzene rings is 4. The van der Waals surface area contributed by atoms with Crippen LogP contribution < -0.4 is 0 Å². The molecule has 0 aliphatic carbocycles. The Bertz CT molecular complexity index is 2370. The van der Waals surface area contributed by atoms with Gasteiger partial charge in [-0.1, -0.05) is 90.1 Å². The normalized spacial score (nSPS) is 12.9. The van der Waals surface area contributed by atoms with Gasteiger partial charge in [0.2, 0.25) is 0 Å². The van der Waals surface area contributed by atoms with Crippen LogP contribution in [0.2, 0.25) is 0 Å². The summed E-state index contributed by atoms with van der Waals surface area (Å²) in [4.78, 5) is 11.0. The summed E-state index contributed by atoms with van der Waals surface area (Å²) in [6, 6.07) is 44.1. The van der Waals surface area contributed by atoms with Crippen molar-refractivity contribution in [3.8, 4) is 11.4 Å². The first-order valence-corrected chi connectivity index (χ1v) is 18.3. The van der Waals surface area contributed by atoms with Crippen LogP contribution in [-0.4, -0.2) is 19.1 Å². The van der Waals surface area contributed by atoms with Crippen molar-refractivity contribution in [3.63, 3.8) is 0 Å². The molecule has 0 amide bonds. The molecule has 0 saturated carbocycles. The molecule has 4 aromatic carbocycles. The SMILES string of the molecule is CC(C)(C)Cc1ccc2c(c1)c1ccc(C(C)(C)c3ccc4c5cc(CC(C)(C)C)ccc5n(-c5ccccc5)c4n3)nc1n2-c1ccccc1. The van der Waals surface area contributed by atoms with Gasteiger partial charge in [0.15, 0.2) is 0 Å². The minimum atomic E-state index is -0.465. The van der Waals surface area contributed by atoms with Crippen molar-refractivity contribution in [1.29, 1.82) is 0 Å². The van der Waals surface area contributed by atoms with Gasteiger partial charge in [-0.05, 0) is 121 Å². The topological polar surface area (TPSA) is 35.6 Å². The number of pyridine rings is 2. The van der Waals surface area contributed by atoms with Crippen LogP contribution in [0, 0.1) is 10.8 Å². The lowest BCUT2D eigenvalue weighted by Gasteiger charge is -2.24. The van der Waals surface area contributed by atoms with E-state index in [1.165, 1.54) is 43.7 Å². The smallest absolute Gasteiger partial charge is 0.145 e. The summed E-state index contributed by atoms with van der Waals surface area (Å²) >= 11 is 0. The number of rotatable bonds is 6. The predicted octanol–water partition coefficient (Wildman–Crippen LogP) is 12.2. The third-order valence-corrected chi connectivity index (χ3v) is 10.1. The highest BCUT2D eigenvalue weighted by atomic mass is 15.1. The Morgan fingerprint density at radius 1 is 0.431 bits per heavy atom. The van der Waals surface area contributed by atoms with Gasteiger partial charge < -0.3 is 0 Å². The molecule has 0 atom stereocenters. The molecule has 4 nitrogen and oxygen atoms in total. The van der Waals surface area contributed by atoms with Gasteiger partial charge in [0.05, 0.1) is 22.4 Å². The second-order valence-electron chi connectivity index (χ2n) is 17.3. The first kappa shape index (κ1) is 33.0. The summed E-state index contributed by atoms with van der Waals surface area (Å²) in [5.74, 6) is 0. The molecular formula is C47H48N4. The van der Waals surface area contributed by atoms with Gasteiger partial charge in [0.1, 0.15) is 11.3 Å². The summed E-state index contributed by atoms with van der Waals surface area (Å²) < 4.78 is 4.65. The van der Waals surface area contributed by atoms with Crippen molar-refractivity contribution < 1.29 is 0 Å². The van der Waals surface area contributed by atoms with Crippen LogP contribution in [0.5, 0.6) is 0 Å². The Kier molecular flexibility index (Phi) is 7.72. The minimum absolute atomic E-state index is 0.204. The third kappa shape index (κ3) is 6.01. The van der Waals surface area contributed by atoms with E-state index in [1.807, 2.05) is 0 Å². The molecule has 0 spiro atoms. The van der Waals surface area contributed by atoms with E-state index >= 15 is 0 Å². The molecule has 4 heterocycles. The summed E-state index contributed by atoms with van der Waals surface area (Å²) in [7, 11) is 0. The van der Waals surface area contributed by atoms with Gasteiger partial charge in [-0.25, -0.2) is 9.97 Å². The molecule has 0 bridgehead atoms. The molecule has 0 saturated heterocycles. The lowest BCUT2D eigenvalue weighted by molar-refractivity contribution is 0.411. The maximum absolute atomic E-state index is 5.51. The average molecular weight is 669 g/mol. The number of aromatic nitrogens is 4. The summed E-state index contributed by atoms with van der Waals surface area (Å²) in [6.07, 6.45) is 2.04. The molecule has 4 aromatic heterocycles. The highest BCUT2D eigenvalue weighted by Crippen LogP contribution is 2.39.